The molecular weight excluding hydrogens is 412 g/mol. The van der Waals surface area contributed by atoms with Gasteiger partial charge >= 0.3 is 0 Å². The summed E-state index contributed by atoms with van der Waals surface area (Å²) >= 11 is 11.1. The van der Waals surface area contributed by atoms with Gasteiger partial charge in [-0.1, -0.05) is 11.6 Å². The van der Waals surface area contributed by atoms with Gasteiger partial charge in [-0.3, -0.25) is 9.59 Å². The van der Waals surface area contributed by atoms with Gasteiger partial charge in [0.05, 0.1) is 17.8 Å². The summed E-state index contributed by atoms with van der Waals surface area (Å²) in [7, 11) is 1.76. The average molecular weight is 428 g/mol. The van der Waals surface area contributed by atoms with Gasteiger partial charge in [-0.05, 0) is 46.6 Å². The van der Waals surface area contributed by atoms with Crippen molar-refractivity contribution in [3.63, 3.8) is 0 Å². The molecule has 0 radical (unpaired) electrons. The van der Waals surface area contributed by atoms with Crippen LogP contribution >= 0.6 is 38.9 Å². The molecule has 24 heavy (non-hydrogen) atoms. The predicted molar refractivity (Wildman–Crippen MR) is 101 cm³/mol. The molecule has 3 rings (SSSR count). The van der Waals surface area contributed by atoms with Crippen LogP contribution in [0.1, 0.15) is 28.1 Å². The first-order valence-corrected chi connectivity index (χ1v) is 9.59. The minimum atomic E-state index is -0.120. The molecule has 2 heterocycles. The van der Waals surface area contributed by atoms with Crippen molar-refractivity contribution in [3.8, 4) is 0 Å². The normalized spacial score (nSPS) is 14.3. The van der Waals surface area contributed by atoms with Crippen LogP contribution in [-0.4, -0.2) is 30.3 Å². The standard InChI is InChI=1S/C17H16BrClN2O2S/c1-20(9-13-7-11(18)10-24-13)17(23)14-5-4-12(19)8-15(14)21-6-2-3-16(21)22/h4-5,7-8,10H,2-3,6,9H2,1H3. The van der Waals surface area contributed by atoms with Crippen LogP contribution in [0.3, 0.4) is 0 Å². The van der Waals surface area contributed by atoms with Crippen molar-refractivity contribution in [1.82, 2.24) is 4.90 Å². The summed E-state index contributed by atoms with van der Waals surface area (Å²) in [6.45, 7) is 1.14. The number of amides is 2. The van der Waals surface area contributed by atoms with Crippen LogP contribution in [0.2, 0.25) is 5.02 Å². The van der Waals surface area contributed by atoms with Crippen molar-refractivity contribution in [2.24, 2.45) is 0 Å². The molecule has 0 unspecified atom stereocenters. The second-order valence-electron chi connectivity index (χ2n) is 5.70. The van der Waals surface area contributed by atoms with E-state index in [1.54, 1.807) is 46.4 Å². The summed E-state index contributed by atoms with van der Waals surface area (Å²) in [6, 6.07) is 7.09. The molecule has 1 aliphatic heterocycles. The molecule has 1 aromatic carbocycles. The SMILES string of the molecule is CN(Cc1cc(Br)cs1)C(=O)c1ccc(Cl)cc1N1CCCC1=O. The van der Waals surface area contributed by atoms with Gasteiger partial charge in [-0.2, -0.15) is 0 Å². The Bertz CT molecular complexity index is 793. The maximum Gasteiger partial charge on any atom is 0.256 e. The molecule has 0 atom stereocenters. The molecule has 4 nitrogen and oxygen atoms in total. The topological polar surface area (TPSA) is 40.6 Å². The number of nitrogens with zero attached hydrogens (tertiary/aromatic N) is 2. The second kappa shape index (κ2) is 7.25. The van der Waals surface area contributed by atoms with E-state index in [1.165, 1.54) is 0 Å². The molecule has 0 aliphatic carbocycles. The maximum atomic E-state index is 12.9. The third kappa shape index (κ3) is 3.66. The molecule has 2 amide bonds. The van der Waals surface area contributed by atoms with Crippen molar-refractivity contribution < 1.29 is 9.59 Å². The number of carbonyl (C=O) groups is 2. The average Bonchev–Trinajstić information content (AvgIpc) is 3.15. The summed E-state index contributed by atoms with van der Waals surface area (Å²) in [4.78, 5) is 29.4. The van der Waals surface area contributed by atoms with E-state index < -0.39 is 0 Å². The monoisotopic (exact) mass is 426 g/mol. The van der Waals surface area contributed by atoms with Gasteiger partial charge in [0.1, 0.15) is 0 Å². The first-order chi connectivity index (χ1) is 11.5. The Morgan fingerprint density at radius 3 is 2.83 bits per heavy atom. The number of carbonyl (C=O) groups excluding carboxylic acids is 2. The lowest BCUT2D eigenvalue weighted by Gasteiger charge is -2.23. The molecule has 1 saturated heterocycles. The smallest absolute Gasteiger partial charge is 0.256 e. The molecule has 0 spiro atoms. The van der Waals surface area contributed by atoms with Crippen molar-refractivity contribution >= 4 is 56.4 Å². The number of hydrogen-bond donors (Lipinski definition) is 0. The van der Waals surface area contributed by atoms with Crippen molar-refractivity contribution in [2.75, 3.05) is 18.5 Å². The van der Waals surface area contributed by atoms with E-state index >= 15 is 0 Å². The summed E-state index contributed by atoms with van der Waals surface area (Å²) < 4.78 is 1.01. The third-order valence-electron chi connectivity index (χ3n) is 3.92. The zero-order chi connectivity index (χ0) is 17.3. The van der Waals surface area contributed by atoms with Crippen LogP contribution in [0, 0.1) is 0 Å². The van der Waals surface area contributed by atoms with Crippen LogP contribution in [0.5, 0.6) is 0 Å². The minimum absolute atomic E-state index is 0.0381. The summed E-state index contributed by atoms with van der Waals surface area (Å²) in [6.07, 6.45) is 1.32. The Morgan fingerprint density at radius 1 is 1.42 bits per heavy atom. The fraction of sp³-hybridized carbons (Fsp3) is 0.294. The van der Waals surface area contributed by atoms with Gasteiger partial charge in [-0.25, -0.2) is 0 Å². The van der Waals surface area contributed by atoms with E-state index in [9.17, 15) is 9.59 Å². The summed E-state index contributed by atoms with van der Waals surface area (Å²) in [5, 5.41) is 2.51. The van der Waals surface area contributed by atoms with Crippen LogP contribution < -0.4 is 4.90 Å². The van der Waals surface area contributed by atoms with E-state index in [0.29, 0.717) is 35.8 Å². The van der Waals surface area contributed by atoms with Gasteiger partial charge < -0.3 is 9.80 Å². The van der Waals surface area contributed by atoms with Crippen LogP contribution in [0.4, 0.5) is 5.69 Å². The summed E-state index contributed by atoms with van der Waals surface area (Å²) in [5.41, 5.74) is 1.11. The number of anilines is 1. The fourth-order valence-corrected chi connectivity index (χ4v) is 4.43. The largest absolute Gasteiger partial charge is 0.336 e. The molecule has 1 fully saturated rings. The highest BCUT2D eigenvalue weighted by Gasteiger charge is 2.27. The molecule has 126 valence electrons. The Hall–Kier alpha value is -1.37. The quantitative estimate of drug-likeness (QED) is 0.717. The third-order valence-corrected chi connectivity index (χ3v) is 5.83. The molecule has 2 aromatic rings. The lowest BCUT2D eigenvalue weighted by Crippen LogP contribution is -2.30. The van der Waals surface area contributed by atoms with Crippen LogP contribution in [-0.2, 0) is 11.3 Å². The first kappa shape index (κ1) is 17.5. The fourth-order valence-electron chi connectivity index (χ4n) is 2.76. The highest BCUT2D eigenvalue weighted by atomic mass is 79.9. The Morgan fingerprint density at radius 2 is 2.21 bits per heavy atom. The lowest BCUT2D eigenvalue weighted by atomic mass is 10.1. The van der Waals surface area contributed by atoms with E-state index in [0.717, 1.165) is 15.8 Å². The Kier molecular flexibility index (Phi) is 5.27. The van der Waals surface area contributed by atoms with Gasteiger partial charge in [0.15, 0.2) is 0 Å². The minimum Gasteiger partial charge on any atom is -0.336 e. The molecule has 1 aliphatic rings. The number of halogens is 2. The van der Waals surface area contributed by atoms with Gasteiger partial charge in [-0.15, -0.1) is 11.3 Å². The molecule has 1 aromatic heterocycles. The highest BCUT2D eigenvalue weighted by Crippen LogP contribution is 2.30. The van der Waals surface area contributed by atoms with Gasteiger partial charge in [0.25, 0.3) is 5.91 Å². The van der Waals surface area contributed by atoms with E-state index in [4.69, 9.17) is 11.6 Å². The van der Waals surface area contributed by atoms with Gasteiger partial charge in [0, 0.05) is 39.8 Å². The molecular formula is C17H16BrClN2O2S. The van der Waals surface area contributed by atoms with E-state index in [2.05, 4.69) is 15.9 Å². The second-order valence-corrected chi connectivity index (χ2v) is 8.05. The highest BCUT2D eigenvalue weighted by molar-refractivity contribution is 9.10. The Balaban J connectivity index is 1.87. The number of rotatable bonds is 4. The van der Waals surface area contributed by atoms with Gasteiger partial charge in [0.2, 0.25) is 5.91 Å². The lowest BCUT2D eigenvalue weighted by molar-refractivity contribution is -0.117. The zero-order valence-electron chi connectivity index (χ0n) is 13.1. The molecule has 0 N–H and O–H groups in total. The number of hydrogen-bond acceptors (Lipinski definition) is 3. The molecule has 0 saturated carbocycles. The van der Waals surface area contributed by atoms with E-state index in [-0.39, 0.29) is 11.8 Å². The number of benzene rings is 1. The predicted octanol–water partition coefficient (Wildman–Crippen LogP) is 4.56. The van der Waals surface area contributed by atoms with Crippen molar-refractivity contribution in [3.05, 3.63) is 49.6 Å². The summed E-state index contributed by atoms with van der Waals surface area (Å²) in [5.74, 6) is -0.0814. The maximum absolute atomic E-state index is 12.9. The molecule has 7 heteroatoms. The van der Waals surface area contributed by atoms with Crippen LogP contribution in [0.25, 0.3) is 0 Å². The van der Waals surface area contributed by atoms with E-state index in [1.807, 2.05) is 11.4 Å². The zero-order valence-corrected chi connectivity index (χ0v) is 16.2. The first-order valence-electron chi connectivity index (χ1n) is 7.54. The van der Waals surface area contributed by atoms with Crippen molar-refractivity contribution in [2.45, 2.75) is 19.4 Å². The van der Waals surface area contributed by atoms with Crippen LogP contribution in [0.15, 0.2) is 34.1 Å². The van der Waals surface area contributed by atoms with Crippen molar-refractivity contribution in [1.29, 1.82) is 0 Å². The molecule has 0 bridgehead atoms. The Labute approximate surface area is 158 Å². The number of thiophene rings is 1.